The Morgan fingerprint density at radius 2 is 1.83 bits per heavy atom. The lowest BCUT2D eigenvalue weighted by Gasteiger charge is -2.52. The van der Waals surface area contributed by atoms with Crippen LogP contribution >= 0.6 is 0 Å². The maximum absolute atomic E-state index is 5.95. The third-order valence-electron chi connectivity index (χ3n) is 6.69. The van der Waals surface area contributed by atoms with Crippen molar-refractivity contribution in [2.45, 2.75) is 18.5 Å². The third-order valence-corrected chi connectivity index (χ3v) is 6.69. The molecule has 0 amide bonds. The Balaban J connectivity index is 1.18. The van der Waals surface area contributed by atoms with E-state index >= 15 is 0 Å². The van der Waals surface area contributed by atoms with Crippen molar-refractivity contribution >= 4 is 17.6 Å². The summed E-state index contributed by atoms with van der Waals surface area (Å²) in [5.74, 6) is 2.19. The van der Waals surface area contributed by atoms with Gasteiger partial charge < -0.3 is 15.0 Å². The van der Waals surface area contributed by atoms with Gasteiger partial charge in [0.1, 0.15) is 23.9 Å². The van der Waals surface area contributed by atoms with E-state index in [9.17, 15) is 0 Å². The van der Waals surface area contributed by atoms with E-state index in [-0.39, 0.29) is 5.66 Å². The van der Waals surface area contributed by atoms with Crippen LogP contribution in [0.5, 0.6) is 5.75 Å². The monoisotopic (exact) mass is 386 g/mol. The SMILES string of the molecule is C1=C(CN2CCC3(CC2)Nc2ccccc2C2=NCCN23)COc2ccccc21. The summed E-state index contributed by atoms with van der Waals surface area (Å²) in [4.78, 5) is 9.95. The van der Waals surface area contributed by atoms with Gasteiger partial charge in [0, 0.05) is 55.8 Å². The first kappa shape index (κ1) is 17.1. The first-order valence-corrected chi connectivity index (χ1v) is 10.6. The van der Waals surface area contributed by atoms with E-state index in [4.69, 9.17) is 9.73 Å². The fourth-order valence-corrected chi connectivity index (χ4v) is 5.22. The molecule has 0 aliphatic carbocycles. The second-order valence-electron chi connectivity index (χ2n) is 8.46. The van der Waals surface area contributed by atoms with Crippen molar-refractivity contribution in [3.8, 4) is 5.75 Å². The van der Waals surface area contributed by atoms with E-state index in [1.54, 1.807) is 0 Å². The maximum Gasteiger partial charge on any atom is 0.134 e. The molecule has 0 bridgehead atoms. The van der Waals surface area contributed by atoms with Crippen molar-refractivity contribution in [1.29, 1.82) is 0 Å². The average Bonchev–Trinajstić information content (AvgIpc) is 3.27. The van der Waals surface area contributed by atoms with Crippen LogP contribution in [0.15, 0.2) is 59.1 Å². The summed E-state index contributed by atoms with van der Waals surface area (Å²) >= 11 is 0. The van der Waals surface area contributed by atoms with Crippen LogP contribution < -0.4 is 10.1 Å². The van der Waals surface area contributed by atoms with Gasteiger partial charge in [-0.15, -0.1) is 0 Å². The summed E-state index contributed by atoms with van der Waals surface area (Å²) < 4.78 is 5.95. The Hall–Kier alpha value is -2.79. The van der Waals surface area contributed by atoms with Crippen molar-refractivity contribution in [1.82, 2.24) is 9.80 Å². The molecule has 4 heterocycles. The number of para-hydroxylation sites is 2. The minimum absolute atomic E-state index is 0.00420. The van der Waals surface area contributed by atoms with Crippen LogP contribution in [0.25, 0.3) is 6.08 Å². The second-order valence-corrected chi connectivity index (χ2v) is 8.46. The van der Waals surface area contributed by atoms with Gasteiger partial charge in [0.15, 0.2) is 0 Å². The van der Waals surface area contributed by atoms with E-state index in [2.05, 4.69) is 63.7 Å². The van der Waals surface area contributed by atoms with Crippen molar-refractivity contribution < 1.29 is 4.74 Å². The number of hydrogen-bond donors (Lipinski definition) is 1. The molecule has 0 saturated carbocycles. The van der Waals surface area contributed by atoms with E-state index < -0.39 is 0 Å². The summed E-state index contributed by atoms with van der Waals surface area (Å²) in [5.41, 5.74) is 5.05. The number of likely N-dealkylation sites (tertiary alicyclic amines) is 1. The van der Waals surface area contributed by atoms with Gasteiger partial charge in [-0.2, -0.15) is 0 Å². The van der Waals surface area contributed by atoms with Crippen molar-refractivity contribution in [2.24, 2.45) is 4.99 Å². The molecule has 4 aliphatic heterocycles. The Morgan fingerprint density at radius 1 is 1.00 bits per heavy atom. The zero-order chi connectivity index (χ0) is 19.3. The fraction of sp³-hybridized carbons (Fsp3) is 0.375. The first-order valence-electron chi connectivity index (χ1n) is 10.6. The molecule has 0 aromatic heterocycles. The number of piperidine rings is 1. The van der Waals surface area contributed by atoms with Crippen LogP contribution in [0.3, 0.4) is 0 Å². The summed E-state index contributed by atoms with van der Waals surface area (Å²) in [6.45, 7) is 5.78. The van der Waals surface area contributed by atoms with Crippen LogP contribution in [0, 0.1) is 0 Å². The molecule has 1 fully saturated rings. The van der Waals surface area contributed by atoms with Gasteiger partial charge >= 0.3 is 0 Å². The molecule has 6 rings (SSSR count). The number of nitrogens with one attached hydrogen (secondary N) is 1. The number of nitrogens with zero attached hydrogens (tertiary/aromatic N) is 3. The molecule has 0 radical (unpaired) electrons. The Morgan fingerprint density at radius 3 is 2.76 bits per heavy atom. The van der Waals surface area contributed by atoms with Crippen molar-refractivity contribution in [2.75, 3.05) is 44.6 Å². The highest BCUT2D eigenvalue weighted by molar-refractivity contribution is 6.06. The average molecular weight is 386 g/mol. The number of aliphatic imine (C=N–C) groups is 1. The molecule has 5 heteroatoms. The lowest BCUT2D eigenvalue weighted by Crippen LogP contribution is -2.63. The first-order chi connectivity index (χ1) is 14.3. The van der Waals surface area contributed by atoms with Crippen molar-refractivity contribution in [3.63, 3.8) is 0 Å². The number of fused-ring (bicyclic) bond motifs is 5. The zero-order valence-electron chi connectivity index (χ0n) is 16.6. The number of benzene rings is 2. The highest BCUT2D eigenvalue weighted by Gasteiger charge is 2.46. The molecule has 0 atom stereocenters. The smallest absolute Gasteiger partial charge is 0.134 e. The minimum atomic E-state index is 0.00420. The minimum Gasteiger partial charge on any atom is -0.489 e. The lowest BCUT2D eigenvalue weighted by atomic mass is 9.90. The summed E-state index contributed by atoms with van der Waals surface area (Å²) in [6, 6.07) is 16.9. The van der Waals surface area contributed by atoms with E-state index in [1.807, 2.05) is 6.07 Å². The van der Waals surface area contributed by atoms with Gasteiger partial charge in [0.05, 0.1) is 6.54 Å². The summed E-state index contributed by atoms with van der Waals surface area (Å²) in [6.07, 6.45) is 4.51. The molecular formula is C24H26N4O. The normalized spacial score (nSPS) is 22.0. The van der Waals surface area contributed by atoms with Gasteiger partial charge in [0.2, 0.25) is 0 Å². The quantitative estimate of drug-likeness (QED) is 0.858. The molecule has 2 aromatic carbocycles. The van der Waals surface area contributed by atoms with E-state index in [1.165, 1.54) is 28.2 Å². The van der Waals surface area contributed by atoms with Gasteiger partial charge in [-0.25, -0.2) is 0 Å². The van der Waals surface area contributed by atoms with Crippen LogP contribution in [0.1, 0.15) is 24.0 Å². The third kappa shape index (κ3) is 2.84. The molecule has 1 spiro atoms. The van der Waals surface area contributed by atoms with E-state index in [0.717, 1.165) is 51.3 Å². The van der Waals surface area contributed by atoms with Gasteiger partial charge in [-0.1, -0.05) is 30.3 Å². The molecule has 0 unspecified atom stereocenters. The van der Waals surface area contributed by atoms with Crippen LogP contribution in [0.4, 0.5) is 5.69 Å². The summed E-state index contributed by atoms with van der Waals surface area (Å²) in [7, 11) is 0. The summed E-state index contributed by atoms with van der Waals surface area (Å²) in [5, 5.41) is 3.90. The van der Waals surface area contributed by atoms with Crippen LogP contribution in [0.2, 0.25) is 0 Å². The number of hydrogen-bond acceptors (Lipinski definition) is 5. The highest BCUT2D eigenvalue weighted by atomic mass is 16.5. The molecule has 1 saturated heterocycles. The standard InChI is InChI=1S/C24H26N4O/c1-4-8-22-19(5-1)15-18(17-29-22)16-27-12-9-24(10-13-27)26-21-7-3-2-6-20(21)23-25-11-14-28(23)24/h1-8,15,26H,9-14,16-17H2. The van der Waals surface area contributed by atoms with Gasteiger partial charge in [-0.3, -0.25) is 9.89 Å². The predicted octanol–water partition coefficient (Wildman–Crippen LogP) is 3.44. The molecule has 1 N–H and O–H groups in total. The van der Waals surface area contributed by atoms with Gasteiger partial charge in [0.25, 0.3) is 0 Å². The second kappa shape index (κ2) is 6.63. The fourth-order valence-electron chi connectivity index (χ4n) is 5.22. The topological polar surface area (TPSA) is 40.1 Å². The Bertz CT molecular complexity index is 1000. The van der Waals surface area contributed by atoms with Crippen LogP contribution in [-0.4, -0.2) is 60.6 Å². The van der Waals surface area contributed by atoms with Crippen LogP contribution in [-0.2, 0) is 0 Å². The Kier molecular flexibility index (Phi) is 3.91. The Labute approximate surface area is 171 Å². The number of anilines is 1. The maximum atomic E-state index is 5.95. The predicted molar refractivity (Wildman–Crippen MR) is 116 cm³/mol. The number of amidine groups is 1. The molecule has 2 aromatic rings. The molecular weight excluding hydrogens is 360 g/mol. The molecule has 5 nitrogen and oxygen atoms in total. The number of rotatable bonds is 2. The zero-order valence-corrected chi connectivity index (χ0v) is 16.6. The highest BCUT2D eigenvalue weighted by Crippen LogP contribution is 2.39. The molecule has 29 heavy (non-hydrogen) atoms. The molecule has 4 aliphatic rings. The van der Waals surface area contributed by atoms with Gasteiger partial charge in [-0.05, 0) is 29.8 Å². The van der Waals surface area contributed by atoms with Crippen molar-refractivity contribution in [3.05, 3.63) is 65.2 Å². The number of ether oxygens (including phenoxy) is 1. The largest absolute Gasteiger partial charge is 0.489 e. The molecule has 148 valence electrons. The lowest BCUT2D eigenvalue weighted by molar-refractivity contribution is 0.0975. The van der Waals surface area contributed by atoms with E-state index in [0.29, 0.717) is 6.61 Å².